The molecule has 176 valence electrons. The molecule has 1 aliphatic rings. The number of benzene rings is 2. The number of amides is 3. The molecule has 8 heteroatoms. The molecule has 2 aromatic carbocycles. The Balaban J connectivity index is 1.46. The van der Waals surface area contributed by atoms with E-state index in [0.29, 0.717) is 29.0 Å². The van der Waals surface area contributed by atoms with Crippen LogP contribution in [0.25, 0.3) is 0 Å². The van der Waals surface area contributed by atoms with Crippen molar-refractivity contribution in [3.05, 3.63) is 59.7 Å². The first kappa shape index (κ1) is 24.3. The quantitative estimate of drug-likeness (QED) is 0.443. The van der Waals surface area contributed by atoms with Gasteiger partial charge in [-0.15, -0.1) is 0 Å². The summed E-state index contributed by atoms with van der Waals surface area (Å²) in [5, 5.41) is 11.6. The van der Waals surface area contributed by atoms with E-state index < -0.39 is 0 Å². The summed E-state index contributed by atoms with van der Waals surface area (Å²) < 4.78 is 5.52. The minimum absolute atomic E-state index is 0.0389. The third-order valence-electron chi connectivity index (χ3n) is 5.51. The van der Waals surface area contributed by atoms with Gasteiger partial charge in [0, 0.05) is 41.7 Å². The van der Waals surface area contributed by atoms with Crippen molar-refractivity contribution in [3.63, 3.8) is 0 Å². The summed E-state index contributed by atoms with van der Waals surface area (Å²) in [4.78, 5) is 36.8. The molecular formula is C25H32N4O4. The van der Waals surface area contributed by atoms with Crippen molar-refractivity contribution < 1.29 is 19.1 Å². The highest BCUT2D eigenvalue weighted by Gasteiger charge is 2.17. The first-order valence-corrected chi connectivity index (χ1v) is 11.4. The van der Waals surface area contributed by atoms with Crippen LogP contribution in [-0.2, 0) is 9.53 Å². The number of hydrogen-bond acceptors (Lipinski definition) is 5. The highest BCUT2D eigenvalue weighted by molar-refractivity contribution is 5.97. The van der Waals surface area contributed by atoms with Gasteiger partial charge in [-0.25, -0.2) is 0 Å². The standard InChI is InChI=1S/C25H32N4O4/c1-3-17(2)28-25(32)18-9-11-20(12-10-18)29-23(30)16-26-21-7-4-6-19(14-21)24(31)27-15-22-8-5-13-33-22/h4,6-7,9-12,14,17,22,26H,3,5,8,13,15-16H2,1-2H3,(H,27,31)(H,28,32)(H,29,30). The molecule has 1 fully saturated rings. The molecule has 0 spiro atoms. The average Bonchev–Trinajstić information content (AvgIpc) is 3.35. The summed E-state index contributed by atoms with van der Waals surface area (Å²) in [5.41, 5.74) is 2.34. The molecule has 33 heavy (non-hydrogen) atoms. The van der Waals surface area contributed by atoms with Gasteiger partial charge >= 0.3 is 0 Å². The number of nitrogens with one attached hydrogen (secondary N) is 4. The van der Waals surface area contributed by atoms with Crippen molar-refractivity contribution in [2.24, 2.45) is 0 Å². The minimum atomic E-state index is -0.236. The van der Waals surface area contributed by atoms with Crippen LogP contribution in [0.15, 0.2) is 48.5 Å². The molecular weight excluding hydrogens is 420 g/mol. The lowest BCUT2D eigenvalue weighted by atomic mass is 10.1. The van der Waals surface area contributed by atoms with Gasteiger partial charge < -0.3 is 26.0 Å². The lowest BCUT2D eigenvalue weighted by molar-refractivity contribution is -0.114. The Morgan fingerprint density at radius 1 is 1.03 bits per heavy atom. The SMILES string of the molecule is CCC(C)NC(=O)c1ccc(NC(=O)CNc2cccc(C(=O)NCC3CCCO3)c2)cc1. The van der Waals surface area contributed by atoms with Crippen molar-refractivity contribution in [2.75, 3.05) is 30.3 Å². The van der Waals surface area contributed by atoms with Crippen LogP contribution in [0.5, 0.6) is 0 Å². The van der Waals surface area contributed by atoms with Crippen LogP contribution in [0, 0.1) is 0 Å². The van der Waals surface area contributed by atoms with E-state index >= 15 is 0 Å². The number of carbonyl (C=O) groups is 3. The van der Waals surface area contributed by atoms with E-state index in [9.17, 15) is 14.4 Å². The Morgan fingerprint density at radius 3 is 2.52 bits per heavy atom. The first-order chi connectivity index (χ1) is 15.9. The molecule has 0 aliphatic carbocycles. The predicted octanol–water partition coefficient (Wildman–Crippen LogP) is 3.17. The summed E-state index contributed by atoms with van der Waals surface area (Å²) in [6, 6.07) is 13.9. The Labute approximate surface area is 194 Å². The Morgan fingerprint density at radius 2 is 1.82 bits per heavy atom. The van der Waals surface area contributed by atoms with Gasteiger partial charge in [-0.2, -0.15) is 0 Å². The van der Waals surface area contributed by atoms with E-state index in [0.717, 1.165) is 25.9 Å². The fourth-order valence-corrected chi connectivity index (χ4v) is 3.39. The first-order valence-electron chi connectivity index (χ1n) is 11.4. The summed E-state index contributed by atoms with van der Waals surface area (Å²) in [7, 11) is 0. The third-order valence-corrected chi connectivity index (χ3v) is 5.51. The van der Waals surface area contributed by atoms with Gasteiger partial charge in [0.2, 0.25) is 5.91 Å². The summed E-state index contributed by atoms with van der Waals surface area (Å²) in [6.07, 6.45) is 2.93. The van der Waals surface area contributed by atoms with Gasteiger partial charge in [0.15, 0.2) is 0 Å². The second-order valence-corrected chi connectivity index (χ2v) is 8.19. The molecule has 4 N–H and O–H groups in total. The molecule has 3 amide bonds. The van der Waals surface area contributed by atoms with Crippen molar-refractivity contribution >= 4 is 29.1 Å². The lowest BCUT2D eigenvalue weighted by Gasteiger charge is -2.12. The topological polar surface area (TPSA) is 109 Å². The molecule has 0 saturated carbocycles. The largest absolute Gasteiger partial charge is 0.376 e. The normalized spacial score (nSPS) is 16.0. The van der Waals surface area contributed by atoms with E-state index in [2.05, 4.69) is 21.3 Å². The van der Waals surface area contributed by atoms with Gasteiger partial charge in [-0.1, -0.05) is 13.0 Å². The molecule has 3 rings (SSSR count). The smallest absolute Gasteiger partial charge is 0.251 e. The maximum Gasteiger partial charge on any atom is 0.251 e. The van der Waals surface area contributed by atoms with Crippen molar-refractivity contribution in [1.82, 2.24) is 10.6 Å². The summed E-state index contributed by atoms with van der Waals surface area (Å²) in [5.74, 6) is -0.542. The van der Waals surface area contributed by atoms with E-state index in [1.807, 2.05) is 13.8 Å². The third kappa shape index (κ3) is 7.61. The minimum Gasteiger partial charge on any atom is -0.376 e. The monoisotopic (exact) mass is 452 g/mol. The molecule has 0 bridgehead atoms. The molecule has 0 aromatic heterocycles. The highest BCUT2D eigenvalue weighted by Crippen LogP contribution is 2.14. The average molecular weight is 453 g/mol. The van der Waals surface area contributed by atoms with Crippen LogP contribution in [0.1, 0.15) is 53.8 Å². The summed E-state index contributed by atoms with van der Waals surface area (Å²) in [6.45, 7) is 5.25. The van der Waals surface area contributed by atoms with Crippen LogP contribution in [0.2, 0.25) is 0 Å². The number of ether oxygens (including phenoxy) is 1. The van der Waals surface area contributed by atoms with Gasteiger partial charge in [0.25, 0.3) is 11.8 Å². The maximum atomic E-state index is 12.4. The van der Waals surface area contributed by atoms with Crippen molar-refractivity contribution in [2.45, 2.75) is 45.3 Å². The molecule has 0 radical (unpaired) electrons. The van der Waals surface area contributed by atoms with Gasteiger partial charge in [0.05, 0.1) is 12.6 Å². The highest BCUT2D eigenvalue weighted by atomic mass is 16.5. The summed E-state index contributed by atoms with van der Waals surface area (Å²) >= 11 is 0. The molecule has 2 unspecified atom stereocenters. The zero-order valence-corrected chi connectivity index (χ0v) is 19.1. The second kappa shape index (κ2) is 12.0. The Kier molecular flexibility index (Phi) is 8.83. The van der Waals surface area contributed by atoms with Gasteiger partial charge in [-0.3, -0.25) is 14.4 Å². The van der Waals surface area contributed by atoms with E-state index in [-0.39, 0.29) is 36.4 Å². The fraction of sp³-hybridized carbons (Fsp3) is 0.400. The molecule has 2 aromatic rings. The molecule has 1 aliphatic heterocycles. The van der Waals surface area contributed by atoms with Crippen LogP contribution >= 0.6 is 0 Å². The molecule has 2 atom stereocenters. The molecule has 1 saturated heterocycles. The maximum absolute atomic E-state index is 12.4. The number of rotatable bonds is 10. The molecule has 1 heterocycles. The van der Waals surface area contributed by atoms with E-state index in [4.69, 9.17) is 4.74 Å². The number of anilines is 2. The van der Waals surface area contributed by atoms with Gasteiger partial charge in [0.1, 0.15) is 0 Å². The molecule has 8 nitrogen and oxygen atoms in total. The van der Waals surface area contributed by atoms with Crippen LogP contribution in [0.4, 0.5) is 11.4 Å². The van der Waals surface area contributed by atoms with Crippen LogP contribution < -0.4 is 21.3 Å². The van der Waals surface area contributed by atoms with Gasteiger partial charge in [-0.05, 0) is 68.7 Å². The second-order valence-electron chi connectivity index (χ2n) is 8.19. The van der Waals surface area contributed by atoms with E-state index in [1.165, 1.54) is 0 Å². The fourth-order valence-electron chi connectivity index (χ4n) is 3.39. The van der Waals surface area contributed by atoms with Crippen molar-refractivity contribution in [3.8, 4) is 0 Å². The van der Waals surface area contributed by atoms with Crippen LogP contribution in [0.3, 0.4) is 0 Å². The Bertz CT molecular complexity index is 955. The number of hydrogen-bond donors (Lipinski definition) is 4. The van der Waals surface area contributed by atoms with E-state index in [1.54, 1.807) is 48.5 Å². The lowest BCUT2D eigenvalue weighted by Crippen LogP contribution is -2.31. The zero-order chi connectivity index (χ0) is 23.6. The number of carbonyl (C=O) groups excluding carboxylic acids is 3. The van der Waals surface area contributed by atoms with Crippen molar-refractivity contribution in [1.29, 1.82) is 0 Å². The Hall–Kier alpha value is -3.39. The predicted molar refractivity (Wildman–Crippen MR) is 129 cm³/mol. The van der Waals surface area contributed by atoms with Crippen LogP contribution in [-0.4, -0.2) is 49.6 Å². The zero-order valence-electron chi connectivity index (χ0n) is 19.1.